The van der Waals surface area contributed by atoms with Crippen LogP contribution in [0, 0.1) is 0 Å². The van der Waals surface area contributed by atoms with Crippen molar-refractivity contribution in [2.24, 2.45) is 0 Å². The summed E-state index contributed by atoms with van der Waals surface area (Å²) in [5, 5.41) is 13.3. The van der Waals surface area contributed by atoms with Gasteiger partial charge < -0.3 is 10.4 Å². The van der Waals surface area contributed by atoms with Crippen molar-refractivity contribution in [1.82, 2.24) is 5.32 Å². The summed E-state index contributed by atoms with van der Waals surface area (Å²) in [5.74, 6) is 3.49. The molecule has 7 heteroatoms. The van der Waals surface area contributed by atoms with Gasteiger partial charge in [-0.05, 0) is 0 Å². The zero-order chi connectivity index (χ0) is 11.6. The fourth-order valence-corrected chi connectivity index (χ4v) is 6.36. The molecule has 0 aromatic carbocycles. The summed E-state index contributed by atoms with van der Waals surface area (Å²) < 4.78 is 22.6. The molecular weight excluding hydrogens is 266 g/mol. The van der Waals surface area contributed by atoms with Crippen molar-refractivity contribution >= 4 is 33.4 Å². The SMILES string of the molecule is O=S1(=O)CC(O)C(NCC2CSCCS2)C1. The number of thioether (sulfide) groups is 2. The van der Waals surface area contributed by atoms with Crippen LogP contribution >= 0.6 is 23.5 Å². The third kappa shape index (κ3) is 3.53. The third-order valence-corrected chi connectivity index (χ3v) is 7.38. The third-order valence-electron chi connectivity index (χ3n) is 2.82. The second kappa shape index (κ2) is 5.48. The lowest BCUT2D eigenvalue weighted by atomic mass is 10.2. The van der Waals surface area contributed by atoms with E-state index in [1.807, 2.05) is 23.5 Å². The Balaban J connectivity index is 1.77. The van der Waals surface area contributed by atoms with E-state index in [0.29, 0.717) is 5.25 Å². The average molecular weight is 283 g/mol. The fourth-order valence-electron chi connectivity index (χ4n) is 1.96. The van der Waals surface area contributed by atoms with Gasteiger partial charge in [0.1, 0.15) is 0 Å². The molecule has 3 atom stereocenters. The number of hydrogen-bond acceptors (Lipinski definition) is 6. The second-order valence-corrected chi connectivity index (χ2v) is 8.94. The summed E-state index contributed by atoms with van der Waals surface area (Å²) in [6.45, 7) is 0.801. The average Bonchev–Trinajstić information content (AvgIpc) is 2.50. The highest BCUT2D eigenvalue weighted by atomic mass is 32.2. The van der Waals surface area contributed by atoms with Gasteiger partial charge in [-0.2, -0.15) is 23.5 Å². The van der Waals surface area contributed by atoms with Gasteiger partial charge in [-0.1, -0.05) is 0 Å². The Labute approximate surface area is 105 Å². The summed E-state index contributed by atoms with van der Waals surface area (Å²) in [6.07, 6.45) is -0.730. The normalized spacial score (nSPS) is 38.7. The first kappa shape index (κ1) is 13.0. The molecule has 0 aromatic rings. The van der Waals surface area contributed by atoms with Crippen LogP contribution < -0.4 is 5.32 Å². The molecule has 0 saturated carbocycles. The smallest absolute Gasteiger partial charge is 0.154 e. The Morgan fingerprint density at radius 2 is 2.12 bits per heavy atom. The molecule has 2 rings (SSSR count). The minimum Gasteiger partial charge on any atom is -0.390 e. The standard InChI is InChI=1S/C9H17NO3S3/c11-9-6-16(12,13)5-8(9)10-3-7-4-14-1-2-15-7/h7-11H,1-6H2. The van der Waals surface area contributed by atoms with E-state index >= 15 is 0 Å². The number of hydrogen-bond donors (Lipinski definition) is 2. The largest absolute Gasteiger partial charge is 0.390 e. The first-order valence-electron chi connectivity index (χ1n) is 5.38. The van der Waals surface area contributed by atoms with Gasteiger partial charge in [-0.15, -0.1) is 0 Å². The van der Waals surface area contributed by atoms with Crippen molar-refractivity contribution in [3.8, 4) is 0 Å². The molecule has 0 radical (unpaired) electrons. The lowest BCUT2D eigenvalue weighted by Gasteiger charge is -2.23. The highest BCUT2D eigenvalue weighted by Crippen LogP contribution is 2.23. The van der Waals surface area contributed by atoms with Crippen LogP contribution in [-0.4, -0.2) is 66.2 Å². The quantitative estimate of drug-likeness (QED) is 0.733. The van der Waals surface area contributed by atoms with Crippen LogP contribution in [0.4, 0.5) is 0 Å². The van der Waals surface area contributed by atoms with E-state index in [9.17, 15) is 13.5 Å². The van der Waals surface area contributed by atoms with Gasteiger partial charge >= 0.3 is 0 Å². The van der Waals surface area contributed by atoms with Crippen LogP contribution in [0.3, 0.4) is 0 Å². The second-order valence-electron chi connectivity index (χ2n) is 4.23. The number of rotatable bonds is 3. The molecule has 4 nitrogen and oxygen atoms in total. The van der Waals surface area contributed by atoms with Crippen LogP contribution in [-0.2, 0) is 9.84 Å². The maximum Gasteiger partial charge on any atom is 0.154 e. The Bertz CT molecular complexity index is 327. The van der Waals surface area contributed by atoms with Gasteiger partial charge in [0.25, 0.3) is 0 Å². The molecule has 2 aliphatic rings. The van der Waals surface area contributed by atoms with Gasteiger partial charge in [0.15, 0.2) is 9.84 Å². The molecule has 0 aliphatic carbocycles. The van der Waals surface area contributed by atoms with E-state index in [1.54, 1.807) is 0 Å². The van der Waals surface area contributed by atoms with Crippen LogP contribution in [0.5, 0.6) is 0 Å². The van der Waals surface area contributed by atoms with Crippen molar-refractivity contribution in [2.75, 3.05) is 35.3 Å². The number of sulfone groups is 1. The number of aliphatic hydroxyl groups is 1. The number of aliphatic hydroxyl groups excluding tert-OH is 1. The van der Waals surface area contributed by atoms with Crippen LogP contribution in [0.25, 0.3) is 0 Å². The summed E-state index contributed by atoms with van der Waals surface area (Å²) in [6, 6.07) is -0.266. The molecular formula is C9H17NO3S3. The highest BCUT2D eigenvalue weighted by Gasteiger charge is 2.36. The lowest BCUT2D eigenvalue weighted by molar-refractivity contribution is 0.166. The summed E-state index contributed by atoms with van der Waals surface area (Å²) in [4.78, 5) is 0. The molecule has 94 valence electrons. The van der Waals surface area contributed by atoms with Crippen LogP contribution in [0.1, 0.15) is 0 Å². The molecule has 3 unspecified atom stereocenters. The lowest BCUT2D eigenvalue weighted by Crippen LogP contribution is -2.43. The van der Waals surface area contributed by atoms with Crippen molar-refractivity contribution in [3.63, 3.8) is 0 Å². The van der Waals surface area contributed by atoms with E-state index in [2.05, 4.69) is 5.32 Å². The molecule has 2 saturated heterocycles. The monoisotopic (exact) mass is 283 g/mol. The topological polar surface area (TPSA) is 66.4 Å². The summed E-state index contributed by atoms with van der Waals surface area (Å²) in [5.41, 5.74) is 0. The molecule has 2 N–H and O–H groups in total. The fraction of sp³-hybridized carbons (Fsp3) is 1.00. The van der Waals surface area contributed by atoms with Gasteiger partial charge in [0.2, 0.25) is 0 Å². The zero-order valence-electron chi connectivity index (χ0n) is 8.96. The Morgan fingerprint density at radius 1 is 1.31 bits per heavy atom. The number of nitrogens with one attached hydrogen (secondary N) is 1. The predicted octanol–water partition coefficient (Wildman–Crippen LogP) is -0.417. The molecule has 2 heterocycles. The summed E-state index contributed by atoms with van der Waals surface area (Å²) in [7, 11) is -3.02. The van der Waals surface area contributed by atoms with E-state index in [0.717, 1.165) is 12.3 Å². The van der Waals surface area contributed by atoms with Gasteiger partial charge in [-0.25, -0.2) is 8.42 Å². The van der Waals surface area contributed by atoms with E-state index in [4.69, 9.17) is 0 Å². The van der Waals surface area contributed by atoms with E-state index < -0.39 is 15.9 Å². The van der Waals surface area contributed by atoms with E-state index in [1.165, 1.54) is 11.5 Å². The molecule has 0 aromatic heterocycles. The minimum atomic E-state index is -3.02. The Kier molecular flexibility index (Phi) is 4.45. The summed E-state index contributed by atoms with van der Waals surface area (Å²) >= 11 is 3.88. The van der Waals surface area contributed by atoms with Gasteiger partial charge in [0.05, 0.1) is 17.6 Å². The van der Waals surface area contributed by atoms with Gasteiger partial charge in [-0.3, -0.25) is 0 Å². The predicted molar refractivity (Wildman–Crippen MR) is 70.0 cm³/mol. The Hall–Kier alpha value is 0.570. The van der Waals surface area contributed by atoms with Crippen LogP contribution in [0.15, 0.2) is 0 Å². The molecule has 0 spiro atoms. The van der Waals surface area contributed by atoms with Crippen LogP contribution in [0.2, 0.25) is 0 Å². The van der Waals surface area contributed by atoms with Crippen molar-refractivity contribution < 1.29 is 13.5 Å². The highest BCUT2D eigenvalue weighted by molar-refractivity contribution is 8.06. The maximum absolute atomic E-state index is 11.3. The first-order chi connectivity index (χ1) is 7.57. The molecule has 2 aliphatic heterocycles. The molecule has 0 amide bonds. The molecule has 2 fully saturated rings. The Morgan fingerprint density at radius 3 is 2.69 bits per heavy atom. The molecule has 16 heavy (non-hydrogen) atoms. The maximum atomic E-state index is 11.3. The zero-order valence-corrected chi connectivity index (χ0v) is 11.4. The van der Waals surface area contributed by atoms with E-state index in [-0.39, 0.29) is 17.5 Å². The van der Waals surface area contributed by atoms with Crippen molar-refractivity contribution in [3.05, 3.63) is 0 Å². The van der Waals surface area contributed by atoms with Crippen molar-refractivity contribution in [2.45, 2.75) is 17.4 Å². The first-order valence-corrected chi connectivity index (χ1v) is 9.40. The molecule has 0 bridgehead atoms. The van der Waals surface area contributed by atoms with Crippen molar-refractivity contribution in [1.29, 1.82) is 0 Å². The van der Waals surface area contributed by atoms with Gasteiger partial charge in [0, 0.05) is 35.1 Å². The minimum absolute atomic E-state index is 0.0820.